The Morgan fingerprint density at radius 3 is 2.53 bits per heavy atom. The third kappa shape index (κ3) is 5.32. The summed E-state index contributed by atoms with van der Waals surface area (Å²) in [6.07, 6.45) is -3.85. The third-order valence-corrected chi connectivity index (χ3v) is 5.59. The van der Waals surface area contributed by atoms with E-state index < -0.39 is 23.3 Å². The summed E-state index contributed by atoms with van der Waals surface area (Å²) >= 11 is 0. The van der Waals surface area contributed by atoms with Crippen molar-refractivity contribution in [2.75, 3.05) is 38.3 Å². The van der Waals surface area contributed by atoms with E-state index >= 15 is 0 Å². The van der Waals surface area contributed by atoms with Gasteiger partial charge in [-0.05, 0) is 42.3 Å². The van der Waals surface area contributed by atoms with Crippen molar-refractivity contribution in [3.63, 3.8) is 0 Å². The Balaban J connectivity index is 1.66. The van der Waals surface area contributed by atoms with Crippen molar-refractivity contribution in [3.05, 3.63) is 59.2 Å². The molecule has 0 aromatic heterocycles. The summed E-state index contributed by atoms with van der Waals surface area (Å²) in [5.41, 5.74) is -0.140. The molecule has 6 nitrogen and oxygen atoms in total. The lowest BCUT2D eigenvalue weighted by molar-refractivity contribution is -0.137. The minimum Gasteiger partial charge on any atom is -0.497 e. The van der Waals surface area contributed by atoms with E-state index in [1.54, 1.807) is 23.0 Å². The number of methoxy groups -OCH3 is 1. The fourth-order valence-corrected chi connectivity index (χ4v) is 3.82. The summed E-state index contributed by atoms with van der Waals surface area (Å²) in [4.78, 5) is 16.1. The molecular formula is C23H24F3N3O3. The Labute approximate surface area is 184 Å². The van der Waals surface area contributed by atoms with Crippen molar-refractivity contribution in [1.82, 2.24) is 4.90 Å². The van der Waals surface area contributed by atoms with Crippen molar-refractivity contribution in [2.24, 2.45) is 0 Å². The number of carbonyl (C=O) groups excluding carboxylic acids is 1. The number of piperazine rings is 1. The number of benzene rings is 2. The van der Waals surface area contributed by atoms with Gasteiger partial charge in [-0.25, -0.2) is 0 Å². The van der Waals surface area contributed by atoms with Crippen LogP contribution in [0.15, 0.2) is 42.5 Å². The number of ether oxygens (including phenoxy) is 1. The van der Waals surface area contributed by atoms with Gasteiger partial charge in [0.15, 0.2) is 0 Å². The van der Waals surface area contributed by atoms with Gasteiger partial charge < -0.3 is 19.6 Å². The number of halogens is 3. The van der Waals surface area contributed by atoms with Crippen molar-refractivity contribution in [1.29, 1.82) is 5.26 Å². The van der Waals surface area contributed by atoms with Gasteiger partial charge >= 0.3 is 6.18 Å². The first-order valence-corrected chi connectivity index (χ1v) is 10.2. The van der Waals surface area contributed by atoms with Crippen molar-refractivity contribution in [3.8, 4) is 11.8 Å². The molecule has 3 rings (SSSR count). The van der Waals surface area contributed by atoms with Crippen LogP contribution in [0.2, 0.25) is 0 Å². The Morgan fingerprint density at radius 2 is 1.94 bits per heavy atom. The average molecular weight is 447 g/mol. The van der Waals surface area contributed by atoms with Crippen LogP contribution in [0.4, 0.5) is 18.9 Å². The second-order valence-electron chi connectivity index (χ2n) is 7.56. The molecule has 1 unspecified atom stereocenters. The maximum Gasteiger partial charge on any atom is 0.417 e. The van der Waals surface area contributed by atoms with Gasteiger partial charge in [-0.2, -0.15) is 18.4 Å². The molecule has 1 fully saturated rings. The summed E-state index contributed by atoms with van der Waals surface area (Å²) in [5, 5.41) is 18.8. The molecule has 170 valence electrons. The number of aliphatic hydroxyl groups is 1. The SMILES string of the molecule is COc1ccc(CCC(=O)N2CCN(c3ccc(C#N)c(C(F)(F)F)c3)CC2CO)cc1. The van der Waals surface area contributed by atoms with E-state index in [1.807, 2.05) is 24.3 Å². The normalized spacial score (nSPS) is 16.6. The lowest BCUT2D eigenvalue weighted by Gasteiger charge is -2.42. The molecule has 1 aliphatic heterocycles. The van der Waals surface area contributed by atoms with Gasteiger partial charge in [0, 0.05) is 31.7 Å². The van der Waals surface area contributed by atoms with Gasteiger partial charge in [-0.15, -0.1) is 0 Å². The van der Waals surface area contributed by atoms with Crippen LogP contribution in [0.25, 0.3) is 0 Å². The number of hydrogen-bond donors (Lipinski definition) is 1. The van der Waals surface area contributed by atoms with Crippen molar-refractivity contribution < 1.29 is 27.8 Å². The smallest absolute Gasteiger partial charge is 0.417 e. The van der Waals surface area contributed by atoms with Crippen LogP contribution in [0.3, 0.4) is 0 Å². The number of carbonyl (C=O) groups is 1. The van der Waals surface area contributed by atoms with E-state index in [1.165, 1.54) is 6.07 Å². The molecule has 32 heavy (non-hydrogen) atoms. The summed E-state index contributed by atoms with van der Waals surface area (Å²) in [7, 11) is 1.58. The standard InChI is InChI=1S/C23H24F3N3O3/c1-32-20-7-2-16(3-8-20)4-9-22(31)29-11-10-28(14-19(29)15-30)18-6-5-17(13-27)21(12-18)23(24,25)26/h2-3,5-8,12,19,30H,4,9-11,14-15H2,1H3. The summed E-state index contributed by atoms with van der Waals surface area (Å²) in [5.74, 6) is 0.614. The number of anilines is 1. The monoisotopic (exact) mass is 447 g/mol. The van der Waals surface area contributed by atoms with Gasteiger partial charge in [-0.1, -0.05) is 12.1 Å². The van der Waals surface area contributed by atoms with Crippen LogP contribution >= 0.6 is 0 Å². The first-order valence-electron chi connectivity index (χ1n) is 10.2. The predicted molar refractivity (Wildman–Crippen MR) is 112 cm³/mol. The zero-order valence-electron chi connectivity index (χ0n) is 17.6. The van der Waals surface area contributed by atoms with Crippen LogP contribution in [-0.4, -0.2) is 55.3 Å². The lowest BCUT2D eigenvalue weighted by Crippen LogP contribution is -2.56. The maximum atomic E-state index is 13.3. The van der Waals surface area contributed by atoms with Crippen molar-refractivity contribution >= 4 is 11.6 Å². The first-order chi connectivity index (χ1) is 15.3. The van der Waals surface area contributed by atoms with Gasteiger partial charge in [-0.3, -0.25) is 4.79 Å². The molecule has 0 aliphatic carbocycles. The van der Waals surface area contributed by atoms with E-state index in [2.05, 4.69) is 0 Å². The molecule has 0 bridgehead atoms. The molecule has 0 saturated carbocycles. The number of nitrogens with zero attached hydrogens (tertiary/aromatic N) is 3. The minimum atomic E-state index is -4.64. The Morgan fingerprint density at radius 1 is 1.22 bits per heavy atom. The molecule has 9 heteroatoms. The van der Waals surface area contributed by atoms with Gasteiger partial charge in [0.2, 0.25) is 5.91 Å². The Hall–Kier alpha value is -3.25. The molecule has 1 saturated heterocycles. The molecule has 1 atom stereocenters. The summed E-state index contributed by atoms with van der Waals surface area (Å²) < 4.78 is 45.0. The van der Waals surface area contributed by atoms with Crippen molar-refractivity contribution in [2.45, 2.75) is 25.1 Å². The summed E-state index contributed by atoms with van der Waals surface area (Å²) in [6, 6.07) is 12.0. The molecule has 1 heterocycles. The molecule has 0 spiro atoms. The Kier molecular flexibility index (Phi) is 7.26. The second-order valence-corrected chi connectivity index (χ2v) is 7.56. The molecule has 1 aliphatic rings. The zero-order chi connectivity index (χ0) is 23.3. The lowest BCUT2D eigenvalue weighted by atomic mass is 10.0. The molecular weight excluding hydrogens is 423 g/mol. The van der Waals surface area contributed by atoms with E-state index in [4.69, 9.17) is 10.00 Å². The van der Waals surface area contributed by atoms with Gasteiger partial charge in [0.05, 0.1) is 37.0 Å². The van der Waals surface area contributed by atoms with E-state index in [0.717, 1.165) is 23.4 Å². The maximum absolute atomic E-state index is 13.3. The highest BCUT2D eigenvalue weighted by molar-refractivity contribution is 5.77. The number of amides is 1. The largest absolute Gasteiger partial charge is 0.497 e. The molecule has 2 aromatic carbocycles. The van der Waals surface area contributed by atoms with E-state index in [9.17, 15) is 23.1 Å². The highest BCUT2D eigenvalue weighted by Crippen LogP contribution is 2.35. The number of alkyl halides is 3. The number of aliphatic hydroxyl groups excluding tert-OH is 1. The van der Waals surface area contributed by atoms with Gasteiger partial charge in [0.1, 0.15) is 5.75 Å². The van der Waals surface area contributed by atoms with Crippen LogP contribution in [0.1, 0.15) is 23.1 Å². The Bertz CT molecular complexity index is 987. The fraction of sp³-hybridized carbons (Fsp3) is 0.391. The average Bonchev–Trinajstić information content (AvgIpc) is 2.81. The van der Waals surface area contributed by atoms with Crippen LogP contribution in [0, 0.1) is 11.3 Å². The highest BCUT2D eigenvalue weighted by Gasteiger charge is 2.35. The number of hydrogen-bond acceptors (Lipinski definition) is 5. The second kappa shape index (κ2) is 9.92. The number of aryl methyl sites for hydroxylation is 1. The third-order valence-electron chi connectivity index (χ3n) is 5.59. The first kappa shape index (κ1) is 23.4. The minimum absolute atomic E-state index is 0.115. The molecule has 1 N–H and O–H groups in total. The van der Waals surface area contributed by atoms with E-state index in [0.29, 0.717) is 18.7 Å². The zero-order valence-corrected chi connectivity index (χ0v) is 17.6. The topological polar surface area (TPSA) is 76.8 Å². The number of nitriles is 1. The van der Waals surface area contributed by atoms with Crippen LogP contribution < -0.4 is 9.64 Å². The molecule has 1 amide bonds. The highest BCUT2D eigenvalue weighted by atomic mass is 19.4. The van der Waals surface area contributed by atoms with E-state index in [-0.39, 0.29) is 32.0 Å². The molecule has 0 radical (unpaired) electrons. The number of rotatable bonds is 6. The summed E-state index contributed by atoms with van der Waals surface area (Å²) in [6.45, 7) is 0.517. The fourth-order valence-electron chi connectivity index (χ4n) is 3.82. The predicted octanol–water partition coefficient (Wildman–Crippen LogP) is 3.23. The molecule has 2 aromatic rings. The quantitative estimate of drug-likeness (QED) is 0.736. The van der Waals surface area contributed by atoms with Crippen LogP contribution in [-0.2, 0) is 17.4 Å². The van der Waals surface area contributed by atoms with Crippen LogP contribution in [0.5, 0.6) is 5.75 Å². The van der Waals surface area contributed by atoms with Gasteiger partial charge in [0.25, 0.3) is 0 Å².